The van der Waals surface area contributed by atoms with Gasteiger partial charge in [-0.05, 0) is 42.2 Å². The van der Waals surface area contributed by atoms with Gasteiger partial charge in [0.15, 0.2) is 0 Å². The van der Waals surface area contributed by atoms with Gasteiger partial charge in [0.05, 0.1) is 12.7 Å². The third-order valence-corrected chi connectivity index (χ3v) is 4.49. The van der Waals surface area contributed by atoms with Crippen molar-refractivity contribution in [3.8, 4) is 11.5 Å². The molecule has 0 atom stereocenters. The van der Waals surface area contributed by atoms with Crippen LogP contribution in [0, 0.1) is 0 Å². The minimum absolute atomic E-state index is 0.00197. The molecule has 27 heavy (non-hydrogen) atoms. The number of aryl methyl sites for hydroxylation is 2. The van der Waals surface area contributed by atoms with Crippen molar-refractivity contribution < 1.29 is 27.8 Å². The molecule has 146 valence electrons. The topological polar surface area (TPSA) is 44.8 Å². The molecular formula is C20H21ClF2O4. The number of alkyl halides is 2. The fourth-order valence-electron chi connectivity index (χ4n) is 2.67. The van der Waals surface area contributed by atoms with E-state index in [1.54, 1.807) is 12.1 Å². The Hall–Kier alpha value is -2.34. The van der Waals surface area contributed by atoms with Crippen LogP contribution in [0.4, 0.5) is 13.6 Å². The van der Waals surface area contributed by atoms with Gasteiger partial charge < -0.3 is 14.2 Å². The molecule has 0 aliphatic rings. The molecule has 0 spiro atoms. The maximum Gasteiger partial charge on any atom is 0.513 e. The Morgan fingerprint density at radius 3 is 2.41 bits per heavy atom. The number of carbonyl (C=O) groups is 1. The van der Waals surface area contributed by atoms with Crippen LogP contribution in [-0.2, 0) is 24.2 Å². The number of carbonyl (C=O) groups excluding carboxylic acids is 1. The summed E-state index contributed by atoms with van der Waals surface area (Å²) in [4.78, 5) is 11.5. The fourth-order valence-corrected chi connectivity index (χ4v) is 2.96. The predicted molar refractivity (Wildman–Crippen MR) is 99.0 cm³/mol. The van der Waals surface area contributed by atoms with E-state index in [1.807, 2.05) is 19.9 Å². The van der Waals surface area contributed by atoms with Gasteiger partial charge in [-0.25, -0.2) is 13.6 Å². The van der Waals surface area contributed by atoms with Crippen molar-refractivity contribution in [1.29, 1.82) is 0 Å². The number of halogens is 3. The minimum Gasteiger partial charge on any atom is -0.488 e. The molecule has 0 heterocycles. The molecule has 0 N–H and O–H groups in total. The van der Waals surface area contributed by atoms with Gasteiger partial charge in [0.1, 0.15) is 18.1 Å². The normalized spacial score (nSPS) is 10.8. The summed E-state index contributed by atoms with van der Waals surface area (Å²) in [6, 6.07) is 7.94. The van der Waals surface area contributed by atoms with Crippen LogP contribution in [0.5, 0.6) is 11.5 Å². The monoisotopic (exact) mass is 398 g/mol. The molecule has 2 rings (SSSR count). The van der Waals surface area contributed by atoms with Gasteiger partial charge in [-0.2, -0.15) is 0 Å². The van der Waals surface area contributed by atoms with E-state index in [2.05, 4.69) is 4.74 Å². The molecule has 0 aliphatic carbocycles. The Labute approximate surface area is 162 Å². The zero-order valence-corrected chi connectivity index (χ0v) is 16.1. The molecule has 2 aromatic carbocycles. The summed E-state index contributed by atoms with van der Waals surface area (Å²) in [5, 5.41) is 0.367. The van der Waals surface area contributed by atoms with Crippen molar-refractivity contribution in [2.45, 2.75) is 39.7 Å². The van der Waals surface area contributed by atoms with Crippen molar-refractivity contribution in [2.75, 3.05) is 7.11 Å². The van der Waals surface area contributed by atoms with Crippen molar-refractivity contribution in [3.63, 3.8) is 0 Å². The molecule has 0 bridgehead atoms. The number of hydrogen-bond acceptors (Lipinski definition) is 4. The second kappa shape index (κ2) is 9.55. The molecule has 2 aromatic rings. The van der Waals surface area contributed by atoms with Gasteiger partial charge >= 0.3 is 6.16 Å². The molecule has 0 saturated carbocycles. The standard InChI is InChI=1S/C20H21ClF2O4/c1-4-12-7-6-8-17(27-20(24)25-3)15(12)11-26-18-10-16(21)13(5-2)9-14(18)19(22)23/h6-10,19H,4-5,11H2,1-3H3. The van der Waals surface area contributed by atoms with Crippen LogP contribution in [0.15, 0.2) is 30.3 Å². The highest BCUT2D eigenvalue weighted by Crippen LogP contribution is 2.35. The van der Waals surface area contributed by atoms with E-state index >= 15 is 0 Å². The van der Waals surface area contributed by atoms with Crippen LogP contribution < -0.4 is 9.47 Å². The second-order valence-corrected chi connectivity index (χ2v) is 6.14. The smallest absolute Gasteiger partial charge is 0.488 e. The summed E-state index contributed by atoms with van der Waals surface area (Å²) in [6.07, 6.45) is -2.38. The number of hydrogen-bond donors (Lipinski definition) is 0. The molecule has 0 aromatic heterocycles. The highest BCUT2D eigenvalue weighted by atomic mass is 35.5. The lowest BCUT2D eigenvalue weighted by atomic mass is 10.0. The lowest BCUT2D eigenvalue weighted by molar-refractivity contribution is 0.120. The number of ether oxygens (including phenoxy) is 3. The Bertz CT molecular complexity index is 809. The molecule has 0 amide bonds. The lowest BCUT2D eigenvalue weighted by Gasteiger charge is -2.17. The first kappa shape index (κ1) is 21.0. The van der Waals surface area contributed by atoms with Crippen molar-refractivity contribution in [2.24, 2.45) is 0 Å². The van der Waals surface area contributed by atoms with E-state index in [0.717, 1.165) is 5.56 Å². The Kier molecular flexibility index (Phi) is 7.42. The quantitative estimate of drug-likeness (QED) is 0.416. The maximum atomic E-state index is 13.4. The van der Waals surface area contributed by atoms with E-state index < -0.39 is 12.6 Å². The predicted octanol–water partition coefficient (Wildman–Crippen LogP) is 6.13. The summed E-state index contributed by atoms with van der Waals surface area (Å²) in [5.74, 6) is 0.262. The van der Waals surface area contributed by atoms with E-state index in [4.69, 9.17) is 21.1 Å². The summed E-state index contributed by atoms with van der Waals surface area (Å²) in [7, 11) is 1.20. The van der Waals surface area contributed by atoms with Crippen LogP contribution in [0.1, 0.15) is 42.5 Å². The average Bonchev–Trinajstić information content (AvgIpc) is 2.66. The first-order valence-electron chi connectivity index (χ1n) is 8.51. The van der Waals surface area contributed by atoms with Gasteiger partial charge in [-0.3, -0.25) is 0 Å². The van der Waals surface area contributed by atoms with Crippen LogP contribution in [0.2, 0.25) is 5.02 Å². The highest BCUT2D eigenvalue weighted by Gasteiger charge is 2.19. The summed E-state index contributed by atoms with van der Waals surface area (Å²) in [5.41, 5.74) is 1.86. The van der Waals surface area contributed by atoms with Crippen molar-refractivity contribution in [1.82, 2.24) is 0 Å². The molecule has 0 fully saturated rings. The Balaban J connectivity index is 2.36. The molecule has 0 saturated heterocycles. The summed E-state index contributed by atoms with van der Waals surface area (Å²) in [6.45, 7) is 3.71. The number of rotatable bonds is 7. The number of methoxy groups -OCH3 is 1. The van der Waals surface area contributed by atoms with Crippen LogP contribution in [0.3, 0.4) is 0 Å². The average molecular weight is 399 g/mol. The molecule has 0 radical (unpaired) electrons. The van der Waals surface area contributed by atoms with Crippen LogP contribution in [0.25, 0.3) is 0 Å². The maximum absolute atomic E-state index is 13.4. The van der Waals surface area contributed by atoms with E-state index in [-0.39, 0.29) is 23.7 Å². The molecule has 0 aliphatic heterocycles. The lowest BCUT2D eigenvalue weighted by Crippen LogP contribution is -2.11. The van der Waals surface area contributed by atoms with Gasteiger partial charge in [0, 0.05) is 10.6 Å². The van der Waals surface area contributed by atoms with Gasteiger partial charge in [0.25, 0.3) is 6.43 Å². The zero-order chi connectivity index (χ0) is 20.0. The van der Waals surface area contributed by atoms with E-state index in [1.165, 1.54) is 19.2 Å². The fraction of sp³-hybridized carbons (Fsp3) is 0.350. The molecule has 0 unspecified atom stereocenters. The van der Waals surface area contributed by atoms with Gasteiger partial charge in [-0.1, -0.05) is 37.6 Å². The second-order valence-electron chi connectivity index (χ2n) is 5.73. The summed E-state index contributed by atoms with van der Waals surface area (Å²) < 4.78 is 42.2. The van der Waals surface area contributed by atoms with Gasteiger partial charge in [-0.15, -0.1) is 0 Å². The minimum atomic E-state index is -2.70. The van der Waals surface area contributed by atoms with E-state index in [0.29, 0.717) is 29.0 Å². The SMILES string of the molecule is CCc1cc(C(F)F)c(OCc2c(CC)cccc2OC(=O)OC)cc1Cl. The third kappa shape index (κ3) is 5.10. The summed E-state index contributed by atoms with van der Waals surface area (Å²) >= 11 is 6.15. The van der Waals surface area contributed by atoms with Crippen molar-refractivity contribution >= 4 is 17.8 Å². The Morgan fingerprint density at radius 2 is 1.81 bits per heavy atom. The molecule has 4 nitrogen and oxygen atoms in total. The van der Waals surface area contributed by atoms with E-state index in [9.17, 15) is 13.6 Å². The first-order valence-corrected chi connectivity index (χ1v) is 8.88. The number of benzene rings is 2. The van der Waals surface area contributed by atoms with Crippen molar-refractivity contribution in [3.05, 3.63) is 57.6 Å². The zero-order valence-electron chi connectivity index (χ0n) is 15.4. The van der Waals surface area contributed by atoms with Crippen LogP contribution >= 0.6 is 11.6 Å². The first-order chi connectivity index (χ1) is 12.9. The molecule has 7 heteroatoms. The highest BCUT2D eigenvalue weighted by molar-refractivity contribution is 6.31. The van der Waals surface area contributed by atoms with Gasteiger partial charge in [0.2, 0.25) is 0 Å². The Morgan fingerprint density at radius 1 is 1.11 bits per heavy atom. The third-order valence-electron chi connectivity index (χ3n) is 4.14. The largest absolute Gasteiger partial charge is 0.513 e. The van der Waals surface area contributed by atoms with Crippen LogP contribution in [-0.4, -0.2) is 13.3 Å². The molecular weight excluding hydrogens is 378 g/mol.